The number of urea groups is 1. The van der Waals surface area contributed by atoms with Crippen molar-refractivity contribution in [2.24, 2.45) is 0 Å². The molecule has 0 aromatic carbocycles. The normalized spacial score (nSPS) is 20.3. The highest BCUT2D eigenvalue weighted by atomic mass is 16.7. The Morgan fingerprint density at radius 3 is 2.54 bits per heavy atom. The Labute approximate surface area is 141 Å². The van der Waals surface area contributed by atoms with Crippen LogP contribution in [0.3, 0.4) is 0 Å². The van der Waals surface area contributed by atoms with Gasteiger partial charge in [0.1, 0.15) is 0 Å². The third-order valence-corrected chi connectivity index (χ3v) is 4.13. The van der Waals surface area contributed by atoms with E-state index in [2.05, 4.69) is 20.8 Å². The van der Waals surface area contributed by atoms with Gasteiger partial charge in [-0.05, 0) is 32.8 Å². The van der Waals surface area contributed by atoms with Crippen molar-refractivity contribution >= 4 is 11.8 Å². The van der Waals surface area contributed by atoms with E-state index in [0.29, 0.717) is 24.9 Å². The van der Waals surface area contributed by atoms with Gasteiger partial charge in [-0.1, -0.05) is 0 Å². The van der Waals surface area contributed by atoms with Gasteiger partial charge >= 0.3 is 6.03 Å². The van der Waals surface area contributed by atoms with E-state index in [1.165, 1.54) is 0 Å². The van der Waals surface area contributed by atoms with Gasteiger partial charge in [0.15, 0.2) is 11.6 Å². The van der Waals surface area contributed by atoms with Crippen molar-refractivity contribution in [3.05, 3.63) is 12.1 Å². The van der Waals surface area contributed by atoms with Crippen LogP contribution < -0.4 is 15.4 Å². The Bertz CT molecular complexity index is 548. The zero-order valence-corrected chi connectivity index (χ0v) is 14.1. The quantitative estimate of drug-likeness (QED) is 0.874. The van der Waals surface area contributed by atoms with Crippen molar-refractivity contribution in [2.45, 2.75) is 57.5 Å². The number of aromatic nitrogens is 2. The molecule has 2 fully saturated rings. The second kappa shape index (κ2) is 7.31. The summed E-state index contributed by atoms with van der Waals surface area (Å²) in [7, 11) is 0. The molecule has 1 aliphatic heterocycles. The SMILES string of the molecule is CC(C)Oc1ccc(NC(=O)NC2CCC3(CC2)OCCO3)nn1. The lowest BCUT2D eigenvalue weighted by molar-refractivity contribution is -0.179. The highest BCUT2D eigenvalue weighted by Gasteiger charge is 2.40. The molecule has 132 valence electrons. The fraction of sp³-hybridized carbons (Fsp3) is 0.688. The van der Waals surface area contributed by atoms with Crippen molar-refractivity contribution in [1.29, 1.82) is 0 Å². The van der Waals surface area contributed by atoms with Crippen LogP contribution in [0.4, 0.5) is 10.6 Å². The third kappa shape index (κ3) is 4.33. The molecule has 8 nitrogen and oxygen atoms in total. The molecule has 1 aromatic rings. The summed E-state index contributed by atoms with van der Waals surface area (Å²) in [6.45, 7) is 5.15. The summed E-state index contributed by atoms with van der Waals surface area (Å²) in [6.07, 6.45) is 3.31. The van der Waals surface area contributed by atoms with Crippen LogP contribution in [0.5, 0.6) is 5.88 Å². The number of nitrogens with one attached hydrogen (secondary N) is 2. The maximum absolute atomic E-state index is 12.1. The molecule has 24 heavy (non-hydrogen) atoms. The lowest BCUT2D eigenvalue weighted by Gasteiger charge is -2.35. The van der Waals surface area contributed by atoms with E-state index in [9.17, 15) is 4.79 Å². The predicted octanol–water partition coefficient (Wildman–Crippen LogP) is 2.07. The monoisotopic (exact) mass is 336 g/mol. The number of ether oxygens (including phenoxy) is 3. The third-order valence-electron chi connectivity index (χ3n) is 4.13. The number of carbonyl (C=O) groups excluding carboxylic acids is 1. The van der Waals surface area contributed by atoms with Crippen molar-refractivity contribution in [3.8, 4) is 5.88 Å². The molecule has 3 rings (SSSR count). The Hall–Kier alpha value is -1.93. The molecule has 8 heteroatoms. The van der Waals surface area contributed by atoms with Crippen LogP contribution in [0.25, 0.3) is 0 Å². The maximum atomic E-state index is 12.1. The van der Waals surface area contributed by atoms with E-state index in [4.69, 9.17) is 14.2 Å². The second-order valence-electron chi connectivity index (χ2n) is 6.40. The number of hydrogen-bond donors (Lipinski definition) is 2. The first-order valence-electron chi connectivity index (χ1n) is 8.40. The van der Waals surface area contributed by atoms with Crippen LogP contribution in [0.15, 0.2) is 12.1 Å². The summed E-state index contributed by atoms with van der Waals surface area (Å²) >= 11 is 0. The van der Waals surface area contributed by atoms with Crippen molar-refractivity contribution in [3.63, 3.8) is 0 Å². The van der Waals surface area contributed by atoms with Crippen LogP contribution in [0, 0.1) is 0 Å². The van der Waals surface area contributed by atoms with Crippen LogP contribution in [-0.4, -0.2) is 47.4 Å². The molecule has 0 radical (unpaired) electrons. The predicted molar refractivity (Wildman–Crippen MR) is 86.8 cm³/mol. The topological polar surface area (TPSA) is 94.6 Å². The molecule has 1 spiro atoms. The molecule has 0 unspecified atom stereocenters. The molecule has 2 amide bonds. The summed E-state index contributed by atoms with van der Waals surface area (Å²) in [5.74, 6) is 0.412. The smallest absolute Gasteiger partial charge is 0.320 e. The molecule has 1 saturated heterocycles. The van der Waals surface area contributed by atoms with Gasteiger partial charge in [-0.2, -0.15) is 0 Å². The molecule has 2 N–H and O–H groups in total. The number of nitrogens with zero attached hydrogens (tertiary/aromatic N) is 2. The molecular formula is C16H24N4O4. The Balaban J connectivity index is 1.44. The Morgan fingerprint density at radius 1 is 1.25 bits per heavy atom. The van der Waals surface area contributed by atoms with E-state index < -0.39 is 5.79 Å². The zero-order valence-electron chi connectivity index (χ0n) is 14.1. The Morgan fingerprint density at radius 2 is 1.96 bits per heavy atom. The molecule has 0 atom stereocenters. The van der Waals surface area contributed by atoms with Gasteiger partial charge in [0, 0.05) is 24.9 Å². The summed E-state index contributed by atoms with van der Waals surface area (Å²) in [6, 6.07) is 3.18. The minimum Gasteiger partial charge on any atom is -0.474 e. The van der Waals surface area contributed by atoms with Gasteiger partial charge < -0.3 is 19.5 Å². The van der Waals surface area contributed by atoms with E-state index in [1.807, 2.05) is 13.8 Å². The van der Waals surface area contributed by atoms with Gasteiger partial charge in [-0.3, -0.25) is 5.32 Å². The Kier molecular flexibility index (Phi) is 5.15. The lowest BCUT2D eigenvalue weighted by atomic mass is 9.90. The minimum atomic E-state index is -0.410. The molecule has 2 heterocycles. The standard InChI is InChI=1S/C16H24N4O4/c1-11(2)24-14-4-3-13(19-20-14)18-15(21)17-12-5-7-16(8-6-12)22-9-10-23-16/h3-4,11-12H,5-10H2,1-2H3,(H2,17,18,19,21). The molecule has 0 bridgehead atoms. The van der Waals surface area contributed by atoms with Gasteiger partial charge in [-0.25, -0.2) is 4.79 Å². The average molecular weight is 336 g/mol. The highest BCUT2D eigenvalue weighted by molar-refractivity contribution is 5.88. The minimum absolute atomic E-state index is 0.0313. The largest absolute Gasteiger partial charge is 0.474 e. The van der Waals surface area contributed by atoms with Gasteiger partial charge in [0.05, 0.1) is 19.3 Å². The summed E-state index contributed by atoms with van der Waals surface area (Å²) in [4.78, 5) is 12.1. The molecule has 1 aromatic heterocycles. The molecule has 1 aliphatic carbocycles. The number of amides is 2. The van der Waals surface area contributed by atoms with E-state index in [0.717, 1.165) is 25.7 Å². The summed E-state index contributed by atoms with van der Waals surface area (Å²) in [5, 5.41) is 13.5. The van der Waals surface area contributed by atoms with Crippen LogP contribution in [-0.2, 0) is 9.47 Å². The first kappa shape index (κ1) is 16.9. The average Bonchev–Trinajstić information content (AvgIpc) is 3.00. The first-order chi connectivity index (χ1) is 11.5. The van der Waals surface area contributed by atoms with Crippen molar-refractivity contribution in [1.82, 2.24) is 15.5 Å². The van der Waals surface area contributed by atoms with Crippen molar-refractivity contribution in [2.75, 3.05) is 18.5 Å². The fourth-order valence-electron chi connectivity index (χ4n) is 3.02. The number of carbonyl (C=O) groups is 1. The maximum Gasteiger partial charge on any atom is 0.320 e. The molecular weight excluding hydrogens is 312 g/mol. The van der Waals surface area contributed by atoms with Gasteiger partial charge in [0.2, 0.25) is 5.88 Å². The fourth-order valence-corrected chi connectivity index (χ4v) is 3.02. The number of hydrogen-bond acceptors (Lipinski definition) is 6. The zero-order chi connectivity index (χ0) is 17.0. The van der Waals surface area contributed by atoms with E-state index in [1.54, 1.807) is 12.1 Å². The molecule has 1 saturated carbocycles. The first-order valence-corrected chi connectivity index (χ1v) is 8.40. The number of rotatable bonds is 4. The van der Waals surface area contributed by atoms with Crippen LogP contribution in [0.2, 0.25) is 0 Å². The van der Waals surface area contributed by atoms with E-state index in [-0.39, 0.29) is 18.2 Å². The van der Waals surface area contributed by atoms with Crippen LogP contribution >= 0.6 is 0 Å². The highest BCUT2D eigenvalue weighted by Crippen LogP contribution is 2.35. The lowest BCUT2D eigenvalue weighted by Crippen LogP contribution is -2.45. The van der Waals surface area contributed by atoms with E-state index >= 15 is 0 Å². The number of anilines is 1. The van der Waals surface area contributed by atoms with Crippen LogP contribution in [0.1, 0.15) is 39.5 Å². The molecule has 2 aliphatic rings. The van der Waals surface area contributed by atoms with Gasteiger partial charge in [-0.15, -0.1) is 10.2 Å². The van der Waals surface area contributed by atoms with Gasteiger partial charge in [0.25, 0.3) is 0 Å². The van der Waals surface area contributed by atoms with Crippen molar-refractivity contribution < 1.29 is 19.0 Å². The summed E-state index contributed by atoms with van der Waals surface area (Å²) in [5.41, 5.74) is 0. The summed E-state index contributed by atoms with van der Waals surface area (Å²) < 4.78 is 16.8. The second-order valence-corrected chi connectivity index (χ2v) is 6.40.